The summed E-state index contributed by atoms with van der Waals surface area (Å²) in [5, 5.41) is 4.27. The molecule has 0 saturated heterocycles. The summed E-state index contributed by atoms with van der Waals surface area (Å²) in [5.41, 5.74) is 1.78. The Morgan fingerprint density at radius 3 is 1.90 bits per heavy atom. The van der Waals surface area contributed by atoms with E-state index in [0.717, 1.165) is 17.5 Å². The van der Waals surface area contributed by atoms with Crippen molar-refractivity contribution in [2.75, 3.05) is 0 Å². The lowest BCUT2D eigenvalue weighted by Gasteiger charge is -2.31. The average Bonchev–Trinajstić information content (AvgIpc) is 2.70. The van der Waals surface area contributed by atoms with Gasteiger partial charge in [-0.3, -0.25) is 9.59 Å². The second-order valence-corrected chi connectivity index (χ2v) is 8.07. The second kappa shape index (κ2) is 11.2. The summed E-state index contributed by atoms with van der Waals surface area (Å²) in [7, 11) is 0. The summed E-state index contributed by atoms with van der Waals surface area (Å²) >= 11 is 11.9. The molecule has 2 rings (SSSR count). The molecule has 4 nitrogen and oxygen atoms in total. The summed E-state index contributed by atoms with van der Waals surface area (Å²) in [6, 6.07) is 14.1. The molecule has 0 aromatic heterocycles. The van der Waals surface area contributed by atoms with Crippen LogP contribution in [0.5, 0.6) is 0 Å². The zero-order valence-corrected chi connectivity index (χ0v) is 18.6. The Kier molecular flexibility index (Phi) is 8.99. The maximum atomic E-state index is 13.2. The number of benzene rings is 2. The van der Waals surface area contributed by atoms with E-state index in [9.17, 15) is 9.59 Å². The van der Waals surface area contributed by atoms with E-state index >= 15 is 0 Å². The van der Waals surface area contributed by atoms with Gasteiger partial charge in [-0.15, -0.1) is 0 Å². The van der Waals surface area contributed by atoms with E-state index in [2.05, 4.69) is 5.32 Å². The molecule has 2 aromatic rings. The van der Waals surface area contributed by atoms with Crippen LogP contribution in [-0.2, 0) is 22.6 Å². The molecule has 29 heavy (non-hydrogen) atoms. The number of carbonyl (C=O) groups is 2. The van der Waals surface area contributed by atoms with Crippen molar-refractivity contribution in [1.82, 2.24) is 10.2 Å². The molecule has 2 atom stereocenters. The van der Waals surface area contributed by atoms with Crippen LogP contribution in [0.4, 0.5) is 0 Å². The predicted octanol–water partition coefficient (Wildman–Crippen LogP) is 5.26. The van der Waals surface area contributed by atoms with Crippen molar-refractivity contribution in [3.8, 4) is 0 Å². The molecule has 0 spiro atoms. The van der Waals surface area contributed by atoms with Crippen LogP contribution in [0.15, 0.2) is 48.5 Å². The molecule has 0 radical (unpaired) electrons. The highest BCUT2D eigenvalue weighted by atomic mass is 35.5. The van der Waals surface area contributed by atoms with Crippen molar-refractivity contribution < 1.29 is 9.59 Å². The van der Waals surface area contributed by atoms with Gasteiger partial charge in [0.05, 0.1) is 6.42 Å². The summed E-state index contributed by atoms with van der Waals surface area (Å²) < 4.78 is 0. The van der Waals surface area contributed by atoms with E-state index < -0.39 is 6.04 Å². The SMILES string of the molecule is CC[C@H](C(=O)N[C@@H](C)CC)N(Cc1ccc(Cl)cc1)C(=O)Cc1ccc(Cl)cc1. The minimum atomic E-state index is -0.542. The van der Waals surface area contributed by atoms with Gasteiger partial charge in [-0.05, 0) is 55.2 Å². The molecule has 156 valence electrons. The van der Waals surface area contributed by atoms with Crippen molar-refractivity contribution >= 4 is 35.0 Å². The Morgan fingerprint density at radius 2 is 1.41 bits per heavy atom. The van der Waals surface area contributed by atoms with Crippen molar-refractivity contribution in [2.24, 2.45) is 0 Å². The number of hydrogen-bond acceptors (Lipinski definition) is 2. The van der Waals surface area contributed by atoms with Crippen molar-refractivity contribution in [1.29, 1.82) is 0 Å². The number of amides is 2. The van der Waals surface area contributed by atoms with Gasteiger partial charge in [-0.1, -0.05) is 61.3 Å². The molecule has 0 aliphatic rings. The van der Waals surface area contributed by atoms with Gasteiger partial charge in [0.25, 0.3) is 0 Å². The maximum absolute atomic E-state index is 13.2. The molecular weight excluding hydrogens is 407 g/mol. The monoisotopic (exact) mass is 434 g/mol. The average molecular weight is 435 g/mol. The molecule has 0 aliphatic carbocycles. The Morgan fingerprint density at radius 1 is 0.897 bits per heavy atom. The molecule has 0 aliphatic heterocycles. The van der Waals surface area contributed by atoms with Gasteiger partial charge < -0.3 is 10.2 Å². The molecule has 0 fully saturated rings. The molecule has 2 amide bonds. The van der Waals surface area contributed by atoms with Crippen molar-refractivity contribution in [2.45, 2.75) is 58.7 Å². The Bertz CT molecular complexity index is 807. The third kappa shape index (κ3) is 7.06. The lowest BCUT2D eigenvalue weighted by Crippen LogP contribution is -2.51. The fourth-order valence-electron chi connectivity index (χ4n) is 3.03. The van der Waals surface area contributed by atoms with Crippen molar-refractivity contribution in [3.63, 3.8) is 0 Å². The number of nitrogens with zero attached hydrogens (tertiary/aromatic N) is 1. The minimum Gasteiger partial charge on any atom is -0.352 e. The minimum absolute atomic E-state index is 0.0558. The summed E-state index contributed by atoms with van der Waals surface area (Å²) in [4.78, 5) is 27.8. The normalized spacial score (nSPS) is 12.9. The first-order valence-corrected chi connectivity index (χ1v) is 10.7. The van der Waals surface area contributed by atoms with Gasteiger partial charge in [0.1, 0.15) is 6.04 Å². The van der Waals surface area contributed by atoms with Gasteiger partial charge >= 0.3 is 0 Å². The van der Waals surface area contributed by atoms with E-state index in [1.165, 1.54) is 0 Å². The van der Waals surface area contributed by atoms with Crippen molar-refractivity contribution in [3.05, 3.63) is 69.7 Å². The maximum Gasteiger partial charge on any atom is 0.243 e. The quantitative estimate of drug-likeness (QED) is 0.584. The molecule has 6 heteroatoms. The van der Waals surface area contributed by atoms with Crippen LogP contribution in [0.25, 0.3) is 0 Å². The van der Waals surface area contributed by atoms with Crippen LogP contribution in [0.1, 0.15) is 44.7 Å². The third-order valence-electron chi connectivity index (χ3n) is 4.92. The van der Waals surface area contributed by atoms with Gasteiger partial charge in [0.2, 0.25) is 11.8 Å². The summed E-state index contributed by atoms with van der Waals surface area (Å²) in [6.07, 6.45) is 1.57. The smallest absolute Gasteiger partial charge is 0.243 e. The second-order valence-electron chi connectivity index (χ2n) is 7.19. The topological polar surface area (TPSA) is 49.4 Å². The number of nitrogens with one attached hydrogen (secondary N) is 1. The Hall–Kier alpha value is -2.04. The van der Waals surface area contributed by atoms with Gasteiger partial charge in [-0.2, -0.15) is 0 Å². The zero-order chi connectivity index (χ0) is 21.4. The highest BCUT2D eigenvalue weighted by Crippen LogP contribution is 2.18. The standard InChI is InChI=1S/C23H28Cl2N2O2/c1-4-16(3)26-23(29)21(5-2)27(15-18-8-12-20(25)13-9-18)22(28)14-17-6-10-19(24)11-7-17/h6-13,16,21H,4-5,14-15H2,1-3H3,(H,26,29)/t16-,21+/m0/s1. The van der Waals surface area contributed by atoms with Crippen LogP contribution < -0.4 is 5.32 Å². The number of hydrogen-bond donors (Lipinski definition) is 1. The summed E-state index contributed by atoms with van der Waals surface area (Å²) in [5.74, 6) is -0.228. The molecule has 1 N–H and O–H groups in total. The summed E-state index contributed by atoms with van der Waals surface area (Å²) in [6.45, 7) is 6.24. The number of rotatable bonds is 9. The number of halogens is 2. The van der Waals surface area contributed by atoms with E-state index in [-0.39, 0.29) is 24.3 Å². The highest BCUT2D eigenvalue weighted by Gasteiger charge is 2.29. The number of carbonyl (C=O) groups excluding carboxylic acids is 2. The first-order chi connectivity index (χ1) is 13.8. The lowest BCUT2D eigenvalue weighted by molar-refractivity contribution is -0.141. The molecule has 0 bridgehead atoms. The van der Waals surface area contributed by atoms with E-state index in [1.54, 1.807) is 29.2 Å². The van der Waals surface area contributed by atoms with Crippen LogP contribution in [-0.4, -0.2) is 28.8 Å². The van der Waals surface area contributed by atoms with E-state index in [0.29, 0.717) is 23.0 Å². The van der Waals surface area contributed by atoms with Crippen LogP contribution in [0.2, 0.25) is 10.0 Å². The van der Waals surface area contributed by atoms with Gasteiger partial charge in [0, 0.05) is 22.6 Å². The molecular formula is C23H28Cl2N2O2. The fourth-order valence-corrected chi connectivity index (χ4v) is 3.28. The molecule has 2 aromatic carbocycles. The van der Waals surface area contributed by atoms with E-state index in [4.69, 9.17) is 23.2 Å². The predicted molar refractivity (Wildman–Crippen MR) is 119 cm³/mol. The fraction of sp³-hybridized carbons (Fsp3) is 0.391. The molecule has 0 heterocycles. The molecule has 0 saturated carbocycles. The Balaban J connectivity index is 2.26. The lowest BCUT2D eigenvalue weighted by atomic mass is 10.1. The molecule has 0 unspecified atom stereocenters. The Labute approximate surface area is 183 Å². The first kappa shape index (κ1) is 23.2. The van der Waals surface area contributed by atoms with Crippen LogP contribution >= 0.6 is 23.2 Å². The highest BCUT2D eigenvalue weighted by molar-refractivity contribution is 6.30. The van der Waals surface area contributed by atoms with Gasteiger partial charge in [-0.25, -0.2) is 0 Å². The van der Waals surface area contributed by atoms with E-state index in [1.807, 2.05) is 45.0 Å². The van der Waals surface area contributed by atoms with Gasteiger partial charge in [0.15, 0.2) is 0 Å². The third-order valence-corrected chi connectivity index (χ3v) is 5.43. The first-order valence-electron chi connectivity index (χ1n) is 9.92. The van der Waals surface area contributed by atoms with Crippen LogP contribution in [0, 0.1) is 0 Å². The van der Waals surface area contributed by atoms with Crippen LogP contribution in [0.3, 0.4) is 0 Å². The zero-order valence-electron chi connectivity index (χ0n) is 17.1. The largest absolute Gasteiger partial charge is 0.352 e.